The number of nitrogens with zero attached hydrogens (tertiary/aromatic N) is 2. The first-order valence-electron chi connectivity index (χ1n) is 8.67. The highest BCUT2D eigenvalue weighted by Crippen LogP contribution is 2.71. The van der Waals surface area contributed by atoms with Gasteiger partial charge in [-0.3, -0.25) is 4.79 Å². The summed E-state index contributed by atoms with van der Waals surface area (Å²) in [4.78, 5) is 15.6. The van der Waals surface area contributed by atoms with Crippen molar-refractivity contribution in [3.05, 3.63) is 76.0 Å². The van der Waals surface area contributed by atoms with E-state index in [-0.39, 0.29) is 21.5 Å². The lowest BCUT2D eigenvalue weighted by Gasteiger charge is -2.13. The predicted octanol–water partition coefficient (Wildman–Crippen LogP) is 5.68. The maximum absolute atomic E-state index is 14.3. The van der Waals surface area contributed by atoms with E-state index in [0.717, 1.165) is 6.07 Å². The summed E-state index contributed by atoms with van der Waals surface area (Å²) in [6.45, 7) is 3.41. The van der Waals surface area contributed by atoms with Crippen LogP contribution in [0.1, 0.15) is 19.4 Å². The predicted molar refractivity (Wildman–Crippen MR) is 108 cm³/mol. The van der Waals surface area contributed by atoms with Crippen LogP contribution in [0.2, 0.25) is 0 Å². The molecule has 29 heavy (non-hydrogen) atoms. The highest BCUT2D eigenvalue weighted by Gasteiger charge is 2.82. The number of rotatable bonds is 6. The maximum Gasteiger partial charge on any atom is 0.322 e. The molecule has 0 bridgehead atoms. The van der Waals surface area contributed by atoms with E-state index < -0.39 is 28.5 Å². The topological polar surface area (TPSA) is 82.9 Å². The number of hydrogen-bond donors (Lipinski definition) is 1. The second-order valence-electron chi connectivity index (χ2n) is 7.28. The number of allylic oxidation sites excluding steroid dienone is 1. The normalized spacial score (nSPS) is 21.6. The molecule has 0 saturated heterocycles. The molecule has 0 radical (unpaired) electrons. The molecule has 0 amide bonds. The van der Waals surface area contributed by atoms with E-state index in [1.54, 1.807) is 44.2 Å². The average Bonchev–Trinajstić information content (AvgIpc) is 3.14. The number of benzene rings is 2. The van der Waals surface area contributed by atoms with Crippen molar-refractivity contribution in [1.29, 1.82) is 0 Å². The SMILES string of the molecule is CC1(C)C(C=C(Cl)Cl)C1(C(=O)O)C(=[N+]=[N-])c1ccc(F)c(Oc2ccccc2)c1. The molecule has 0 heterocycles. The molecule has 1 N–H and O–H groups in total. The van der Waals surface area contributed by atoms with Crippen LogP contribution in [0.4, 0.5) is 4.39 Å². The molecule has 2 aromatic carbocycles. The largest absolute Gasteiger partial charge is 0.480 e. The van der Waals surface area contributed by atoms with Gasteiger partial charge in [0, 0.05) is 11.3 Å². The molecule has 8 heteroatoms. The highest BCUT2D eigenvalue weighted by molar-refractivity contribution is 6.55. The van der Waals surface area contributed by atoms with Crippen LogP contribution in [0.25, 0.3) is 5.53 Å². The molecule has 0 spiro atoms. The lowest BCUT2D eigenvalue weighted by molar-refractivity contribution is -0.143. The molecule has 150 valence electrons. The third-order valence-corrected chi connectivity index (χ3v) is 5.71. The summed E-state index contributed by atoms with van der Waals surface area (Å²) in [6.07, 6.45) is 1.41. The third-order valence-electron chi connectivity index (χ3n) is 5.46. The molecule has 2 atom stereocenters. The van der Waals surface area contributed by atoms with Crippen LogP contribution in [0.15, 0.2) is 59.1 Å². The van der Waals surface area contributed by atoms with E-state index in [2.05, 4.69) is 4.79 Å². The van der Waals surface area contributed by atoms with E-state index in [1.807, 2.05) is 0 Å². The molecule has 5 nitrogen and oxygen atoms in total. The quantitative estimate of drug-likeness (QED) is 0.360. The van der Waals surface area contributed by atoms with E-state index >= 15 is 0 Å². The minimum absolute atomic E-state index is 0.0873. The van der Waals surface area contributed by atoms with Crippen LogP contribution in [0, 0.1) is 22.6 Å². The fraction of sp³-hybridized carbons (Fsp3) is 0.238. The molecular formula is C21H17Cl2FN2O3. The number of ether oxygens (including phenoxy) is 1. The lowest BCUT2D eigenvalue weighted by atomic mass is 9.86. The molecule has 0 aliphatic heterocycles. The van der Waals surface area contributed by atoms with Crippen LogP contribution in [0.3, 0.4) is 0 Å². The molecule has 1 saturated carbocycles. The Balaban J connectivity index is 2.09. The van der Waals surface area contributed by atoms with E-state index in [0.29, 0.717) is 5.75 Å². The van der Waals surface area contributed by atoms with Crippen molar-refractivity contribution in [1.82, 2.24) is 0 Å². The molecule has 2 aromatic rings. The van der Waals surface area contributed by atoms with Gasteiger partial charge in [-0.2, -0.15) is 4.79 Å². The monoisotopic (exact) mass is 434 g/mol. The first kappa shape index (κ1) is 21.1. The Morgan fingerprint density at radius 1 is 1.24 bits per heavy atom. The smallest absolute Gasteiger partial charge is 0.322 e. The second kappa shape index (κ2) is 7.64. The van der Waals surface area contributed by atoms with Gasteiger partial charge < -0.3 is 15.4 Å². The molecule has 2 unspecified atom stereocenters. The van der Waals surface area contributed by atoms with Crippen molar-refractivity contribution in [2.45, 2.75) is 13.8 Å². The van der Waals surface area contributed by atoms with Crippen LogP contribution in [-0.4, -0.2) is 21.6 Å². The Morgan fingerprint density at radius 3 is 2.45 bits per heavy atom. The fourth-order valence-electron chi connectivity index (χ4n) is 3.93. The van der Waals surface area contributed by atoms with Gasteiger partial charge in [-0.25, -0.2) is 4.39 Å². The van der Waals surface area contributed by atoms with Gasteiger partial charge in [0.15, 0.2) is 17.0 Å². The zero-order valence-electron chi connectivity index (χ0n) is 15.6. The molecule has 1 fully saturated rings. The Bertz CT molecular complexity index is 1050. The summed E-state index contributed by atoms with van der Waals surface area (Å²) in [5.74, 6) is -2.21. The Hall–Kier alpha value is -2.66. The highest BCUT2D eigenvalue weighted by atomic mass is 35.5. The zero-order chi connectivity index (χ0) is 21.4. The van der Waals surface area contributed by atoms with E-state index in [1.165, 1.54) is 18.2 Å². The van der Waals surface area contributed by atoms with Gasteiger partial charge in [-0.15, -0.1) is 0 Å². The first-order valence-corrected chi connectivity index (χ1v) is 9.43. The van der Waals surface area contributed by atoms with Gasteiger partial charge in [-0.05, 0) is 36.4 Å². The second-order valence-corrected chi connectivity index (χ2v) is 8.29. The number of carbonyl (C=O) groups is 1. The van der Waals surface area contributed by atoms with Gasteiger partial charge in [0.1, 0.15) is 10.2 Å². The maximum atomic E-state index is 14.3. The minimum Gasteiger partial charge on any atom is -0.480 e. The van der Waals surface area contributed by atoms with Crippen LogP contribution in [0.5, 0.6) is 11.5 Å². The van der Waals surface area contributed by atoms with Crippen molar-refractivity contribution in [2.24, 2.45) is 16.7 Å². The number of carboxylic acid groups (broad SMARTS) is 1. The van der Waals surface area contributed by atoms with Gasteiger partial charge in [0.25, 0.3) is 0 Å². The fourth-order valence-corrected chi connectivity index (χ4v) is 4.19. The van der Waals surface area contributed by atoms with Crippen molar-refractivity contribution < 1.29 is 23.8 Å². The van der Waals surface area contributed by atoms with Gasteiger partial charge >= 0.3 is 11.7 Å². The summed E-state index contributed by atoms with van der Waals surface area (Å²) < 4.78 is 19.8. The van der Waals surface area contributed by atoms with Crippen LogP contribution >= 0.6 is 23.2 Å². The van der Waals surface area contributed by atoms with Gasteiger partial charge in [0.05, 0.1) is 5.56 Å². The molecule has 0 aromatic heterocycles. The lowest BCUT2D eigenvalue weighted by Crippen LogP contribution is -2.33. The Morgan fingerprint density at radius 2 is 1.90 bits per heavy atom. The van der Waals surface area contributed by atoms with Crippen molar-refractivity contribution >= 4 is 34.9 Å². The first-order chi connectivity index (χ1) is 13.7. The molecular weight excluding hydrogens is 418 g/mol. The van der Waals surface area contributed by atoms with E-state index in [4.69, 9.17) is 27.9 Å². The standard InChI is InChI=1S/C21H17Cl2FN2O3/c1-20(2)16(11-17(22)23)21(20,19(27)28)18(26-25)12-8-9-14(24)15(10-12)29-13-6-4-3-5-7-13/h3-11,16H,1-2H3,(H,27,28). The number of aliphatic carboxylic acids is 1. The summed E-state index contributed by atoms with van der Waals surface area (Å²) in [6, 6.07) is 12.3. The minimum atomic E-state index is -1.60. The van der Waals surface area contributed by atoms with Crippen molar-refractivity contribution in [3.63, 3.8) is 0 Å². The third kappa shape index (κ3) is 3.44. The van der Waals surface area contributed by atoms with Crippen molar-refractivity contribution in [3.8, 4) is 11.5 Å². The van der Waals surface area contributed by atoms with Gasteiger partial charge in [0.2, 0.25) is 0 Å². The molecule has 1 aliphatic rings. The molecule has 1 aliphatic carbocycles. The Kier molecular flexibility index (Phi) is 5.54. The average molecular weight is 435 g/mol. The number of hydrogen-bond acceptors (Lipinski definition) is 2. The van der Waals surface area contributed by atoms with Crippen LogP contribution < -0.4 is 4.74 Å². The zero-order valence-corrected chi connectivity index (χ0v) is 17.1. The van der Waals surface area contributed by atoms with Gasteiger partial charge in [-0.1, -0.05) is 55.2 Å². The van der Waals surface area contributed by atoms with E-state index in [9.17, 15) is 19.8 Å². The summed E-state index contributed by atoms with van der Waals surface area (Å²) in [7, 11) is 0. The Labute approximate surface area is 177 Å². The summed E-state index contributed by atoms with van der Waals surface area (Å²) >= 11 is 11.5. The molecule has 3 rings (SSSR count). The number of para-hydroxylation sites is 1. The number of carboxylic acids is 1. The summed E-state index contributed by atoms with van der Waals surface area (Å²) in [5, 5.41) is 10.0. The van der Waals surface area contributed by atoms with Crippen molar-refractivity contribution in [2.75, 3.05) is 0 Å². The number of halogens is 3. The van der Waals surface area contributed by atoms with Crippen LogP contribution in [-0.2, 0) is 4.79 Å². The summed E-state index contributed by atoms with van der Waals surface area (Å²) in [5.41, 5.74) is 7.36.